The molecule has 0 fully saturated rings. The van der Waals surface area contributed by atoms with Gasteiger partial charge in [-0.15, -0.1) is 11.3 Å². The van der Waals surface area contributed by atoms with Gasteiger partial charge in [-0.2, -0.15) is 0 Å². The quantitative estimate of drug-likeness (QED) is 0.378. The van der Waals surface area contributed by atoms with Crippen LogP contribution in [0.3, 0.4) is 0 Å². The monoisotopic (exact) mass is 400 g/mol. The molecule has 0 spiro atoms. The SMILES string of the molecule is COc1ccc(Nc2nc(CCc3ccccc3)c(Cc3ccccc3)s2)cc1. The molecule has 4 aromatic rings. The van der Waals surface area contributed by atoms with Gasteiger partial charge in [0.25, 0.3) is 0 Å². The molecular formula is C25H24N2OS. The van der Waals surface area contributed by atoms with Crippen molar-refractivity contribution in [3.05, 3.63) is 107 Å². The number of nitrogens with zero attached hydrogens (tertiary/aromatic N) is 1. The van der Waals surface area contributed by atoms with Gasteiger partial charge < -0.3 is 10.1 Å². The van der Waals surface area contributed by atoms with Crippen molar-refractivity contribution < 1.29 is 4.74 Å². The molecule has 1 aromatic heterocycles. The number of hydrogen-bond donors (Lipinski definition) is 1. The molecule has 0 saturated carbocycles. The lowest BCUT2D eigenvalue weighted by molar-refractivity contribution is 0.415. The van der Waals surface area contributed by atoms with E-state index >= 15 is 0 Å². The molecule has 0 atom stereocenters. The Morgan fingerprint density at radius 3 is 2.10 bits per heavy atom. The number of aromatic nitrogens is 1. The highest BCUT2D eigenvalue weighted by Gasteiger charge is 2.12. The molecule has 0 radical (unpaired) electrons. The van der Waals surface area contributed by atoms with E-state index in [2.05, 4.69) is 66.0 Å². The molecule has 0 aliphatic heterocycles. The first kappa shape index (κ1) is 19.2. The summed E-state index contributed by atoms with van der Waals surface area (Å²) < 4.78 is 5.24. The lowest BCUT2D eigenvalue weighted by atomic mass is 10.1. The second kappa shape index (κ2) is 9.39. The number of benzene rings is 3. The van der Waals surface area contributed by atoms with Crippen LogP contribution in [0.5, 0.6) is 5.75 Å². The molecule has 0 amide bonds. The van der Waals surface area contributed by atoms with E-state index in [9.17, 15) is 0 Å². The zero-order chi connectivity index (χ0) is 19.9. The first-order valence-corrected chi connectivity index (χ1v) is 10.6. The largest absolute Gasteiger partial charge is 0.497 e. The number of methoxy groups -OCH3 is 1. The average Bonchev–Trinajstić information content (AvgIpc) is 3.15. The van der Waals surface area contributed by atoms with Gasteiger partial charge in [0.15, 0.2) is 5.13 Å². The Bertz CT molecular complexity index is 1030. The summed E-state index contributed by atoms with van der Waals surface area (Å²) >= 11 is 1.74. The Morgan fingerprint density at radius 1 is 0.793 bits per heavy atom. The minimum absolute atomic E-state index is 0.850. The fourth-order valence-electron chi connectivity index (χ4n) is 3.26. The smallest absolute Gasteiger partial charge is 0.187 e. The van der Waals surface area contributed by atoms with E-state index in [1.54, 1.807) is 18.4 Å². The van der Waals surface area contributed by atoms with Crippen molar-refractivity contribution >= 4 is 22.2 Å². The molecule has 4 rings (SSSR count). The predicted octanol–water partition coefficient (Wildman–Crippen LogP) is 6.27. The van der Waals surface area contributed by atoms with E-state index < -0.39 is 0 Å². The summed E-state index contributed by atoms with van der Waals surface area (Å²) in [5.41, 5.74) is 4.85. The van der Waals surface area contributed by atoms with Gasteiger partial charge in [0.1, 0.15) is 5.75 Å². The van der Waals surface area contributed by atoms with E-state index in [0.717, 1.165) is 35.8 Å². The van der Waals surface area contributed by atoms with E-state index in [4.69, 9.17) is 9.72 Å². The van der Waals surface area contributed by atoms with Crippen LogP contribution in [0.15, 0.2) is 84.9 Å². The molecule has 1 heterocycles. The summed E-state index contributed by atoms with van der Waals surface area (Å²) in [6, 6.07) is 29.2. The van der Waals surface area contributed by atoms with E-state index in [1.807, 2.05) is 24.3 Å². The average molecular weight is 401 g/mol. The summed E-state index contributed by atoms with van der Waals surface area (Å²) in [6.07, 6.45) is 2.84. The van der Waals surface area contributed by atoms with Crippen LogP contribution in [0.4, 0.5) is 10.8 Å². The minimum Gasteiger partial charge on any atom is -0.497 e. The fraction of sp³-hybridized carbons (Fsp3) is 0.160. The van der Waals surface area contributed by atoms with Crippen molar-refractivity contribution in [1.29, 1.82) is 0 Å². The molecule has 0 bridgehead atoms. The van der Waals surface area contributed by atoms with E-state index in [-0.39, 0.29) is 0 Å². The maximum Gasteiger partial charge on any atom is 0.187 e. The van der Waals surface area contributed by atoms with Crippen molar-refractivity contribution in [2.75, 3.05) is 12.4 Å². The number of hydrogen-bond acceptors (Lipinski definition) is 4. The zero-order valence-corrected chi connectivity index (χ0v) is 17.3. The van der Waals surface area contributed by atoms with E-state index in [1.165, 1.54) is 21.7 Å². The maximum absolute atomic E-state index is 5.24. The van der Waals surface area contributed by atoms with Crippen molar-refractivity contribution in [3.8, 4) is 5.75 Å². The van der Waals surface area contributed by atoms with Crippen molar-refractivity contribution in [2.45, 2.75) is 19.3 Å². The van der Waals surface area contributed by atoms with Crippen LogP contribution >= 0.6 is 11.3 Å². The van der Waals surface area contributed by atoms with Crippen LogP contribution in [-0.4, -0.2) is 12.1 Å². The van der Waals surface area contributed by atoms with Crippen molar-refractivity contribution in [2.24, 2.45) is 0 Å². The van der Waals surface area contributed by atoms with Crippen LogP contribution in [-0.2, 0) is 19.3 Å². The van der Waals surface area contributed by atoms with Gasteiger partial charge in [0, 0.05) is 17.0 Å². The first-order chi connectivity index (χ1) is 14.3. The number of anilines is 2. The van der Waals surface area contributed by atoms with Gasteiger partial charge in [-0.05, 0) is 48.2 Å². The maximum atomic E-state index is 5.24. The molecule has 146 valence electrons. The zero-order valence-electron chi connectivity index (χ0n) is 16.5. The molecule has 4 heteroatoms. The van der Waals surface area contributed by atoms with Crippen LogP contribution in [0.25, 0.3) is 0 Å². The molecule has 0 unspecified atom stereocenters. The number of nitrogens with one attached hydrogen (secondary N) is 1. The lowest BCUT2D eigenvalue weighted by Gasteiger charge is -2.04. The Kier molecular flexibility index (Phi) is 6.22. The third-order valence-corrected chi connectivity index (χ3v) is 5.83. The van der Waals surface area contributed by atoms with Crippen LogP contribution < -0.4 is 10.1 Å². The molecule has 3 aromatic carbocycles. The first-order valence-electron chi connectivity index (χ1n) is 9.77. The molecule has 1 N–H and O–H groups in total. The standard InChI is InChI=1S/C25H24N2OS/c1-28-22-15-13-21(14-16-22)26-25-27-23(17-12-19-8-4-2-5-9-19)24(29-25)18-20-10-6-3-7-11-20/h2-11,13-16H,12,17-18H2,1H3,(H,26,27). The highest BCUT2D eigenvalue weighted by molar-refractivity contribution is 7.15. The number of aryl methyl sites for hydroxylation is 2. The molecule has 0 aliphatic rings. The van der Waals surface area contributed by atoms with Gasteiger partial charge >= 0.3 is 0 Å². The van der Waals surface area contributed by atoms with Gasteiger partial charge in [-0.1, -0.05) is 60.7 Å². The summed E-state index contributed by atoms with van der Waals surface area (Å²) in [6.45, 7) is 0. The molecular weight excluding hydrogens is 376 g/mol. The molecule has 29 heavy (non-hydrogen) atoms. The summed E-state index contributed by atoms with van der Waals surface area (Å²) in [5.74, 6) is 0.850. The number of ether oxygens (including phenoxy) is 1. The lowest BCUT2D eigenvalue weighted by Crippen LogP contribution is -1.97. The Morgan fingerprint density at radius 2 is 1.45 bits per heavy atom. The number of thiazole rings is 1. The third kappa shape index (κ3) is 5.24. The minimum atomic E-state index is 0.850. The van der Waals surface area contributed by atoms with Gasteiger partial charge in [0.05, 0.1) is 12.8 Å². The van der Waals surface area contributed by atoms with Crippen molar-refractivity contribution in [1.82, 2.24) is 4.98 Å². The Labute approximate surface area is 176 Å². The van der Waals surface area contributed by atoms with Crippen LogP contribution in [0, 0.1) is 0 Å². The van der Waals surface area contributed by atoms with Crippen LogP contribution in [0.2, 0.25) is 0 Å². The second-order valence-corrected chi connectivity index (χ2v) is 7.97. The fourth-order valence-corrected chi connectivity index (χ4v) is 4.32. The predicted molar refractivity (Wildman–Crippen MR) is 121 cm³/mol. The van der Waals surface area contributed by atoms with Gasteiger partial charge in [0.2, 0.25) is 0 Å². The summed E-state index contributed by atoms with van der Waals surface area (Å²) in [7, 11) is 1.68. The molecule has 0 saturated heterocycles. The Hall–Kier alpha value is -3.11. The highest BCUT2D eigenvalue weighted by atomic mass is 32.1. The van der Waals surface area contributed by atoms with Crippen LogP contribution in [0.1, 0.15) is 21.7 Å². The molecule has 3 nitrogen and oxygen atoms in total. The number of rotatable bonds is 8. The van der Waals surface area contributed by atoms with Gasteiger partial charge in [-0.3, -0.25) is 0 Å². The van der Waals surface area contributed by atoms with Crippen molar-refractivity contribution in [3.63, 3.8) is 0 Å². The van der Waals surface area contributed by atoms with Gasteiger partial charge in [-0.25, -0.2) is 4.98 Å². The third-order valence-electron chi connectivity index (χ3n) is 4.82. The normalized spacial score (nSPS) is 10.7. The summed E-state index contributed by atoms with van der Waals surface area (Å²) in [4.78, 5) is 6.26. The summed E-state index contributed by atoms with van der Waals surface area (Å²) in [5, 5.41) is 4.39. The van der Waals surface area contributed by atoms with E-state index in [0.29, 0.717) is 0 Å². The highest BCUT2D eigenvalue weighted by Crippen LogP contribution is 2.29. The topological polar surface area (TPSA) is 34.1 Å². The molecule has 0 aliphatic carbocycles. The second-order valence-electron chi connectivity index (χ2n) is 6.89. The Balaban J connectivity index is 1.55.